The second-order valence-electron chi connectivity index (χ2n) is 5.79. The lowest BCUT2D eigenvalue weighted by Gasteiger charge is -2.13. The fourth-order valence-electron chi connectivity index (χ4n) is 2.81. The molecule has 7 nitrogen and oxygen atoms in total. The zero-order valence-corrected chi connectivity index (χ0v) is 17.2. The van der Waals surface area contributed by atoms with Gasteiger partial charge in [-0.25, -0.2) is 0 Å². The van der Waals surface area contributed by atoms with Gasteiger partial charge in [0.1, 0.15) is 0 Å². The number of nitrogens with zero attached hydrogens (tertiary/aromatic N) is 2. The minimum absolute atomic E-state index is 0. The molecule has 1 heterocycles. The number of amides is 2. The van der Waals surface area contributed by atoms with Gasteiger partial charge in [-0.15, -0.1) is 24.0 Å². The Kier molecular flexibility index (Phi) is 7.31. The van der Waals surface area contributed by atoms with Crippen molar-refractivity contribution in [1.29, 1.82) is 0 Å². The molecule has 0 aromatic heterocycles. The highest BCUT2D eigenvalue weighted by atomic mass is 127. The number of imide groups is 1. The van der Waals surface area contributed by atoms with Gasteiger partial charge in [0.05, 0.1) is 24.3 Å². The van der Waals surface area contributed by atoms with E-state index in [-0.39, 0.29) is 54.8 Å². The number of hydrogen-bond acceptors (Lipinski definition) is 4. The number of carbonyl (C=O) groups excluding carboxylic acids is 2. The van der Waals surface area contributed by atoms with Crippen LogP contribution in [0.4, 0.5) is 5.69 Å². The Morgan fingerprint density at radius 1 is 1.07 bits per heavy atom. The van der Waals surface area contributed by atoms with Crippen molar-refractivity contribution < 1.29 is 14.3 Å². The van der Waals surface area contributed by atoms with Crippen molar-refractivity contribution >= 4 is 47.4 Å². The van der Waals surface area contributed by atoms with E-state index in [1.54, 1.807) is 31.4 Å². The number of nitrogens with one attached hydrogen (secondary N) is 1. The average molecular weight is 480 g/mol. The predicted octanol–water partition coefficient (Wildman–Crippen LogP) is 2.47. The maximum Gasteiger partial charge on any atom is 0.261 e. The van der Waals surface area contributed by atoms with E-state index in [2.05, 4.69) is 10.3 Å². The summed E-state index contributed by atoms with van der Waals surface area (Å²) in [4.78, 5) is 30.0. The van der Waals surface area contributed by atoms with Gasteiger partial charge in [-0.2, -0.15) is 0 Å². The summed E-state index contributed by atoms with van der Waals surface area (Å²) in [6.07, 6.45) is 0. The molecule has 0 saturated carbocycles. The van der Waals surface area contributed by atoms with E-state index >= 15 is 0 Å². The van der Waals surface area contributed by atoms with Gasteiger partial charge in [0.25, 0.3) is 11.8 Å². The summed E-state index contributed by atoms with van der Waals surface area (Å²) in [7, 11) is 1.62. The summed E-state index contributed by atoms with van der Waals surface area (Å²) < 4.78 is 5.15. The van der Waals surface area contributed by atoms with Crippen LogP contribution >= 0.6 is 24.0 Å². The number of fused-ring (bicyclic) bond motifs is 1. The molecule has 0 aliphatic carbocycles. The second-order valence-corrected chi connectivity index (χ2v) is 5.79. The molecule has 0 atom stereocenters. The van der Waals surface area contributed by atoms with Crippen molar-refractivity contribution in [2.45, 2.75) is 6.61 Å². The molecule has 0 unspecified atom stereocenters. The number of anilines is 1. The van der Waals surface area contributed by atoms with Crippen molar-refractivity contribution in [2.24, 2.45) is 10.7 Å². The number of nitrogens with two attached hydrogens (primary N) is 1. The van der Waals surface area contributed by atoms with Crippen LogP contribution in [0.5, 0.6) is 0 Å². The summed E-state index contributed by atoms with van der Waals surface area (Å²) >= 11 is 0. The number of aliphatic imine (C=N–C) groups is 1. The van der Waals surface area contributed by atoms with Crippen LogP contribution in [0.15, 0.2) is 53.5 Å². The van der Waals surface area contributed by atoms with E-state index in [1.165, 1.54) is 4.90 Å². The van der Waals surface area contributed by atoms with Crippen LogP contribution in [-0.4, -0.2) is 42.9 Å². The number of benzene rings is 2. The topological polar surface area (TPSA) is 97.0 Å². The molecule has 0 fully saturated rings. The van der Waals surface area contributed by atoms with E-state index in [0.717, 1.165) is 11.3 Å². The Labute approximate surface area is 174 Å². The van der Waals surface area contributed by atoms with Crippen LogP contribution in [0.1, 0.15) is 26.3 Å². The minimum Gasteiger partial charge on any atom is -0.380 e. The third-order valence-corrected chi connectivity index (χ3v) is 4.06. The highest BCUT2D eigenvalue weighted by molar-refractivity contribution is 14.0. The molecule has 0 saturated heterocycles. The lowest BCUT2D eigenvalue weighted by molar-refractivity contribution is 0.0659. The number of methoxy groups -OCH3 is 1. The molecular formula is C19H21IN4O3. The Bertz CT molecular complexity index is 835. The van der Waals surface area contributed by atoms with Crippen LogP contribution in [0.3, 0.4) is 0 Å². The van der Waals surface area contributed by atoms with E-state index in [4.69, 9.17) is 10.5 Å². The van der Waals surface area contributed by atoms with E-state index in [9.17, 15) is 9.59 Å². The lowest BCUT2D eigenvalue weighted by atomic mass is 10.1. The normalized spacial score (nSPS) is 13.4. The minimum atomic E-state index is -0.294. The van der Waals surface area contributed by atoms with E-state index in [1.807, 2.05) is 24.3 Å². The van der Waals surface area contributed by atoms with Crippen molar-refractivity contribution in [3.63, 3.8) is 0 Å². The molecule has 3 rings (SSSR count). The molecule has 2 aromatic carbocycles. The summed E-state index contributed by atoms with van der Waals surface area (Å²) in [5.41, 5.74) is 8.54. The van der Waals surface area contributed by atoms with Gasteiger partial charge in [0, 0.05) is 24.9 Å². The molecule has 0 bridgehead atoms. The Morgan fingerprint density at radius 2 is 1.67 bits per heavy atom. The molecule has 1 aliphatic heterocycles. The number of guanidine groups is 1. The SMILES string of the molecule is COCc1ccccc1NC(N)=NCCN1C(=O)c2ccccc2C1=O.I. The van der Waals surface area contributed by atoms with E-state index < -0.39 is 0 Å². The Morgan fingerprint density at radius 3 is 2.30 bits per heavy atom. The van der Waals surface area contributed by atoms with Gasteiger partial charge in [-0.1, -0.05) is 30.3 Å². The van der Waals surface area contributed by atoms with Crippen LogP contribution in [0.2, 0.25) is 0 Å². The number of halogens is 1. The zero-order chi connectivity index (χ0) is 18.5. The van der Waals surface area contributed by atoms with Gasteiger partial charge < -0.3 is 15.8 Å². The Balaban J connectivity index is 0.00000261. The molecule has 8 heteroatoms. The summed E-state index contributed by atoms with van der Waals surface area (Å²) in [5.74, 6) is -0.374. The van der Waals surface area contributed by atoms with Gasteiger partial charge in [0.2, 0.25) is 0 Å². The Hall–Kier alpha value is -2.46. The lowest BCUT2D eigenvalue weighted by Crippen LogP contribution is -2.33. The van der Waals surface area contributed by atoms with Gasteiger partial charge >= 0.3 is 0 Å². The van der Waals surface area contributed by atoms with Crippen molar-refractivity contribution in [3.05, 3.63) is 65.2 Å². The third-order valence-electron chi connectivity index (χ3n) is 4.06. The molecule has 0 radical (unpaired) electrons. The van der Waals surface area contributed by atoms with Crippen LogP contribution < -0.4 is 11.1 Å². The maximum atomic E-state index is 12.3. The summed E-state index contributed by atoms with van der Waals surface area (Å²) in [6.45, 7) is 0.844. The summed E-state index contributed by atoms with van der Waals surface area (Å²) in [5, 5.41) is 3.02. The van der Waals surface area contributed by atoms with Crippen LogP contribution in [0, 0.1) is 0 Å². The van der Waals surface area contributed by atoms with Crippen molar-refractivity contribution in [3.8, 4) is 0 Å². The smallest absolute Gasteiger partial charge is 0.261 e. The zero-order valence-electron chi connectivity index (χ0n) is 14.8. The van der Waals surface area contributed by atoms with Gasteiger partial charge in [0.15, 0.2) is 5.96 Å². The van der Waals surface area contributed by atoms with Crippen LogP contribution in [-0.2, 0) is 11.3 Å². The number of rotatable bonds is 6. The monoisotopic (exact) mass is 480 g/mol. The summed E-state index contributed by atoms with van der Waals surface area (Å²) in [6, 6.07) is 14.4. The maximum absolute atomic E-state index is 12.3. The molecular weight excluding hydrogens is 459 g/mol. The molecule has 2 amide bonds. The molecule has 27 heavy (non-hydrogen) atoms. The number of para-hydroxylation sites is 1. The van der Waals surface area contributed by atoms with Crippen molar-refractivity contribution in [2.75, 3.05) is 25.5 Å². The quantitative estimate of drug-likeness (QED) is 0.287. The number of hydrogen-bond donors (Lipinski definition) is 2. The second kappa shape index (κ2) is 9.47. The fraction of sp³-hybridized carbons (Fsp3) is 0.211. The largest absolute Gasteiger partial charge is 0.380 e. The van der Waals surface area contributed by atoms with Crippen molar-refractivity contribution in [1.82, 2.24) is 4.90 Å². The fourth-order valence-corrected chi connectivity index (χ4v) is 2.81. The molecule has 2 aromatic rings. The molecule has 1 aliphatic rings. The first-order valence-electron chi connectivity index (χ1n) is 8.21. The first kappa shape index (κ1) is 20.8. The average Bonchev–Trinajstić information content (AvgIpc) is 2.89. The third kappa shape index (κ3) is 4.64. The molecule has 3 N–H and O–H groups in total. The highest BCUT2D eigenvalue weighted by Crippen LogP contribution is 2.22. The van der Waals surface area contributed by atoms with Gasteiger partial charge in [-0.3, -0.25) is 19.5 Å². The highest BCUT2D eigenvalue weighted by Gasteiger charge is 2.34. The molecule has 0 spiro atoms. The standard InChI is InChI=1S/C19H20N4O3.HI/c1-26-12-13-6-2-5-9-16(13)22-19(20)21-10-11-23-17(24)14-7-3-4-8-15(14)18(23)25;/h2-9H,10-12H2,1H3,(H3,20,21,22);1H. The predicted molar refractivity (Wildman–Crippen MR) is 114 cm³/mol. The molecule has 142 valence electrons. The van der Waals surface area contributed by atoms with E-state index in [0.29, 0.717) is 17.7 Å². The first-order valence-corrected chi connectivity index (χ1v) is 8.21. The first-order chi connectivity index (χ1) is 12.6. The number of carbonyl (C=O) groups is 2. The number of ether oxygens (including phenoxy) is 1. The van der Waals surface area contributed by atoms with Gasteiger partial charge in [-0.05, 0) is 18.2 Å². The van der Waals surface area contributed by atoms with Crippen LogP contribution in [0.25, 0.3) is 0 Å².